The van der Waals surface area contributed by atoms with Gasteiger partial charge in [-0.15, -0.1) is 0 Å². The number of amides is 1. The first-order chi connectivity index (χ1) is 16.4. The summed E-state index contributed by atoms with van der Waals surface area (Å²) in [6.07, 6.45) is 2.89. The predicted molar refractivity (Wildman–Crippen MR) is 128 cm³/mol. The van der Waals surface area contributed by atoms with E-state index in [9.17, 15) is 13.2 Å². The monoisotopic (exact) mass is 488 g/mol. The maximum Gasteiger partial charge on any atom is 0.243 e. The lowest BCUT2D eigenvalue weighted by atomic mass is 9.95. The Balaban J connectivity index is 1.43. The molecule has 0 aromatic heterocycles. The molecular formula is C25H32N2O6S. The zero-order valence-corrected chi connectivity index (χ0v) is 20.7. The van der Waals surface area contributed by atoms with Crippen LogP contribution in [0.1, 0.15) is 37.3 Å². The minimum absolute atomic E-state index is 0.0381. The van der Waals surface area contributed by atoms with E-state index in [1.807, 2.05) is 29.2 Å². The molecule has 0 aliphatic carbocycles. The molecule has 0 bridgehead atoms. The molecule has 2 fully saturated rings. The Morgan fingerprint density at radius 1 is 0.882 bits per heavy atom. The van der Waals surface area contributed by atoms with Crippen LogP contribution in [0.4, 0.5) is 0 Å². The standard InChI is InChI=1S/C25H32N2O6S/c1-31-20-7-4-6-19(16-20)22-8-5-13-27(22)25(28)18-11-14-26(15-12-18)34(29,30)21-9-10-23(32-2)24(17-21)33-3/h4,6-7,9-10,16-18,22H,5,8,11-15H2,1-3H3. The van der Waals surface area contributed by atoms with E-state index in [1.54, 1.807) is 13.2 Å². The first-order valence-corrected chi connectivity index (χ1v) is 13.0. The van der Waals surface area contributed by atoms with Crippen LogP contribution in [-0.4, -0.2) is 64.5 Å². The number of piperidine rings is 1. The number of carbonyl (C=O) groups is 1. The van der Waals surface area contributed by atoms with Crippen LogP contribution < -0.4 is 14.2 Å². The van der Waals surface area contributed by atoms with Gasteiger partial charge in [0, 0.05) is 31.6 Å². The van der Waals surface area contributed by atoms with Crippen LogP contribution in [0.2, 0.25) is 0 Å². The van der Waals surface area contributed by atoms with Crippen LogP contribution in [0.15, 0.2) is 47.4 Å². The van der Waals surface area contributed by atoms with Crippen molar-refractivity contribution >= 4 is 15.9 Å². The molecule has 34 heavy (non-hydrogen) atoms. The number of carbonyl (C=O) groups excluding carboxylic acids is 1. The number of rotatable bonds is 7. The molecule has 8 nitrogen and oxygen atoms in total. The third kappa shape index (κ3) is 4.72. The van der Waals surface area contributed by atoms with Crippen LogP contribution in [0, 0.1) is 5.92 Å². The van der Waals surface area contributed by atoms with Crippen molar-refractivity contribution < 1.29 is 27.4 Å². The first-order valence-electron chi connectivity index (χ1n) is 11.6. The molecule has 9 heteroatoms. The fourth-order valence-corrected chi connectivity index (χ4v) is 6.42. The number of likely N-dealkylation sites (tertiary alicyclic amines) is 1. The molecule has 0 radical (unpaired) electrons. The molecule has 1 amide bonds. The maximum atomic E-state index is 13.4. The summed E-state index contributed by atoms with van der Waals surface area (Å²) in [4.78, 5) is 15.5. The van der Waals surface area contributed by atoms with Gasteiger partial charge in [0.15, 0.2) is 11.5 Å². The molecular weight excluding hydrogens is 456 g/mol. The van der Waals surface area contributed by atoms with Crippen molar-refractivity contribution in [3.8, 4) is 17.2 Å². The van der Waals surface area contributed by atoms with Gasteiger partial charge in [-0.2, -0.15) is 4.31 Å². The van der Waals surface area contributed by atoms with Gasteiger partial charge in [0.2, 0.25) is 15.9 Å². The highest BCUT2D eigenvalue weighted by Gasteiger charge is 2.38. The molecule has 0 spiro atoms. The van der Waals surface area contributed by atoms with Crippen LogP contribution in [0.5, 0.6) is 17.2 Å². The Morgan fingerprint density at radius 2 is 1.62 bits per heavy atom. The van der Waals surface area contributed by atoms with E-state index in [2.05, 4.69) is 0 Å². The minimum Gasteiger partial charge on any atom is -0.497 e. The summed E-state index contributed by atoms with van der Waals surface area (Å²) in [5.41, 5.74) is 1.08. The van der Waals surface area contributed by atoms with Gasteiger partial charge in [0.25, 0.3) is 0 Å². The highest BCUT2D eigenvalue weighted by atomic mass is 32.2. The second-order valence-electron chi connectivity index (χ2n) is 8.66. The van der Waals surface area contributed by atoms with Gasteiger partial charge in [0.05, 0.1) is 32.3 Å². The van der Waals surface area contributed by atoms with Gasteiger partial charge >= 0.3 is 0 Å². The van der Waals surface area contributed by atoms with E-state index in [-0.39, 0.29) is 22.8 Å². The molecule has 1 atom stereocenters. The molecule has 184 valence electrons. The van der Waals surface area contributed by atoms with Crippen molar-refractivity contribution in [1.82, 2.24) is 9.21 Å². The Labute approximate surface area is 201 Å². The fraction of sp³-hybridized carbons (Fsp3) is 0.480. The number of hydrogen-bond donors (Lipinski definition) is 0. The first kappa shape index (κ1) is 24.3. The van der Waals surface area contributed by atoms with Gasteiger partial charge in [0.1, 0.15) is 5.75 Å². The van der Waals surface area contributed by atoms with Crippen molar-refractivity contribution in [2.75, 3.05) is 41.0 Å². The van der Waals surface area contributed by atoms with Gasteiger partial charge < -0.3 is 19.1 Å². The lowest BCUT2D eigenvalue weighted by Gasteiger charge is -2.34. The third-order valence-electron chi connectivity index (χ3n) is 6.81. The molecule has 2 aliphatic heterocycles. The molecule has 2 aromatic rings. The molecule has 0 N–H and O–H groups in total. The highest BCUT2D eigenvalue weighted by Crippen LogP contribution is 2.37. The van der Waals surface area contributed by atoms with Gasteiger partial charge in [-0.1, -0.05) is 12.1 Å². The summed E-state index contributed by atoms with van der Waals surface area (Å²) in [5.74, 6) is 1.57. The molecule has 2 aromatic carbocycles. The van der Waals surface area contributed by atoms with Crippen molar-refractivity contribution in [2.45, 2.75) is 36.6 Å². The van der Waals surface area contributed by atoms with Crippen LogP contribution >= 0.6 is 0 Å². The molecule has 0 saturated carbocycles. The quantitative estimate of drug-likeness (QED) is 0.593. The Kier molecular flexibility index (Phi) is 7.33. The van der Waals surface area contributed by atoms with Crippen LogP contribution in [0.3, 0.4) is 0 Å². The summed E-state index contributed by atoms with van der Waals surface area (Å²) < 4.78 is 43.7. The molecule has 4 rings (SSSR count). The van der Waals surface area contributed by atoms with E-state index < -0.39 is 10.0 Å². The van der Waals surface area contributed by atoms with Gasteiger partial charge in [-0.05, 0) is 55.5 Å². The summed E-state index contributed by atoms with van der Waals surface area (Å²) in [6, 6.07) is 12.5. The number of hydrogen-bond acceptors (Lipinski definition) is 6. The lowest BCUT2D eigenvalue weighted by molar-refractivity contribution is -0.137. The normalized spacial score (nSPS) is 19.7. The molecule has 2 saturated heterocycles. The number of sulfonamides is 1. The van der Waals surface area contributed by atoms with Crippen molar-refractivity contribution in [2.24, 2.45) is 5.92 Å². The molecule has 1 unspecified atom stereocenters. The van der Waals surface area contributed by atoms with E-state index in [0.29, 0.717) is 37.4 Å². The van der Waals surface area contributed by atoms with Crippen LogP contribution in [-0.2, 0) is 14.8 Å². The fourth-order valence-electron chi connectivity index (χ4n) is 4.93. The van der Waals surface area contributed by atoms with Crippen molar-refractivity contribution in [1.29, 1.82) is 0 Å². The largest absolute Gasteiger partial charge is 0.497 e. The topological polar surface area (TPSA) is 85.4 Å². The molecule has 2 heterocycles. The summed E-state index contributed by atoms with van der Waals surface area (Å²) >= 11 is 0. The zero-order chi connectivity index (χ0) is 24.3. The number of ether oxygens (including phenoxy) is 3. The van der Waals surface area contributed by atoms with E-state index >= 15 is 0 Å². The average Bonchev–Trinajstić information content (AvgIpc) is 3.38. The third-order valence-corrected chi connectivity index (χ3v) is 8.71. The Morgan fingerprint density at radius 3 is 2.29 bits per heavy atom. The zero-order valence-electron chi connectivity index (χ0n) is 19.9. The summed E-state index contributed by atoms with van der Waals surface area (Å²) in [7, 11) is 0.931. The highest BCUT2D eigenvalue weighted by molar-refractivity contribution is 7.89. The van der Waals surface area contributed by atoms with Crippen LogP contribution in [0.25, 0.3) is 0 Å². The molecule has 2 aliphatic rings. The summed E-state index contributed by atoms with van der Waals surface area (Å²) in [5, 5.41) is 0. The van der Waals surface area contributed by atoms with E-state index in [1.165, 1.54) is 30.7 Å². The Bertz CT molecular complexity index is 1130. The number of benzene rings is 2. The number of nitrogens with zero attached hydrogens (tertiary/aromatic N) is 2. The minimum atomic E-state index is -3.69. The maximum absolute atomic E-state index is 13.4. The lowest BCUT2D eigenvalue weighted by Crippen LogP contribution is -2.44. The SMILES string of the molecule is COc1cccc(C2CCCN2C(=O)C2CCN(S(=O)(=O)c3ccc(OC)c(OC)c3)CC2)c1. The Hall–Kier alpha value is -2.78. The van der Waals surface area contributed by atoms with Crippen molar-refractivity contribution in [3.63, 3.8) is 0 Å². The second kappa shape index (κ2) is 10.2. The predicted octanol–water partition coefficient (Wildman–Crippen LogP) is 3.48. The van der Waals surface area contributed by atoms with E-state index in [4.69, 9.17) is 14.2 Å². The average molecular weight is 489 g/mol. The van der Waals surface area contributed by atoms with Gasteiger partial charge in [-0.25, -0.2) is 8.42 Å². The van der Waals surface area contributed by atoms with Crippen molar-refractivity contribution in [3.05, 3.63) is 48.0 Å². The number of methoxy groups -OCH3 is 3. The second-order valence-corrected chi connectivity index (χ2v) is 10.6. The van der Waals surface area contributed by atoms with Gasteiger partial charge in [-0.3, -0.25) is 4.79 Å². The van der Waals surface area contributed by atoms with E-state index in [0.717, 1.165) is 30.7 Å². The summed E-state index contributed by atoms with van der Waals surface area (Å²) in [6.45, 7) is 1.35. The smallest absolute Gasteiger partial charge is 0.243 e.